The number of hydrogen-bond acceptors (Lipinski definition) is 3. The molecule has 3 atom stereocenters. The van der Waals surface area contributed by atoms with E-state index in [0.29, 0.717) is 17.6 Å². The molecule has 0 bridgehead atoms. The minimum absolute atomic E-state index is 0.378. The lowest BCUT2D eigenvalue weighted by Crippen LogP contribution is -2.47. The summed E-state index contributed by atoms with van der Waals surface area (Å²) in [5, 5.41) is 0. The molecule has 19 heavy (non-hydrogen) atoms. The van der Waals surface area contributed by atoms with Gasteiger partial charge < -0.3 is 10.5 Å². The number of ether oxygens (including phenoxy) is 1. The van der Waals surface area contributed by atoms with E-state index in [1.807, 2.05) is 0 Å². The van der Waals surface area contributed by atoms with Crippen LogP contribution in [0.15, 0.2) is 0 Å². The van der Waals surface area contributed by atoms with Crippen LogP contribution in [0.2, 0.25) is 0 Å². The van der Waals surface area contributed by atoms with Crippen LogP contribution in [0.3, 0.4) is 0 Å². The largest absolute Gasteiger partial charge is 0.376 e. The van der Waals surface area contributed by atoms with E-state index in [1.54, 1.807) is 0 Å². The van der Waals surface area contributed by atoms with Gasteiger partial charge in [0.15, 0.2) is 0 Å². The van der Waals surface area contributed by atoms with Crippen LogP contribution in [0.5, 0.6) is 0 Å². The minimum atomic E-state index is 0.378. The lowest BCUT2D eigenvalue weighted by Gasteiger charge is -2.37. The van der Waals surface area contributed by atoms with Crippen LogP contribution in [0.25, 0.3) is 0 Å². The van der Waals surface area contributed by atoms with Crippen LogP contribution in [0.1, 0.15) is 53.9 Å². The van der Waals surface area contributed by atoms with Crippen molar-refractivity contribution >= 4 is 0 Å². The highest BCUT2D eigenvalue weighted by Gasteiger charge is 2.26. The molecule has 1 saturated heterocycles. The van der Waals surface area contributed by atoms with Gasteiger partial charge in [0, 0.05) is 12.6 Å². The van der Waals surface area contributed by atoms with Crippen molar-refractivity contribution in [3.63, 3.8) is 0 Å². The molecule has 3 nitrogen and oxygen atoms in total. The number of nitrogens with two attached hydrogens (primary N) is 1. The van der Waals surface area contributed by atoms with Gasteiger partial charge in [-0.25, -0.2) is 0 Å². The topological polar surface area (TPSA) is 38.5 Å². The Kier molecular flexibility index (Phi) is 6.78. The van der Waals surface area contributed by atoms with Crippen molar-refractivity contribution in [2.24, 2.45) is 17.1 Å². The number of rotatable bonds is 6. The Hall–Kier alpha value is -0.120. The lowest BCUT2D eigenvalue weighted by atomic mass is 9.76. The van der Waals surface area contributed by atoms with Crippen molar-refractivity contribution < 1.29 is 4.74 Å². The Morgan fingerprint density at radius 3 is 2.53 bits per heavy atom. The van der Waals surface area contributed by atoms with Gasteiger partial charge in [0.2, 0.25) is 0 Å². The van der Waals surface area contributed by atoms with E-state index in [4.69, 9.17) is 10.5 Å². The Bertz CT molecular complexity index is 250. The second kappa shape index (κ2) is 7.61. The Morgan fingerprint density at radius 1 is 1.26 bits per heavy atom. The minimum Gasteiger partial charge on any atom is -0.376 e. The number of hydrogen-bond donors (Lipinski definition) is 1. The van der Waals surface area contributed by atoms with Crippen molar-refractivity contribution in [1.29, 1.82) is 0 Å². The van der Waals surface area contributed by atoms with E-state index in [2.05, 4.69) is 39.5 Å². The maximum Gasteiger partial charge on any atom is 0.0674 e. The van der Waals surface area contributed by atoms with Crippen LogP contribution in [0.4, 0.5) is 0 Å². The Balaban J connectivity index is 2.34. The smallest absolute Gasteiger partial charge is 0.0674 e. The van der Waals surface area contributed by atoms with Crippen molar-refractivity contribution in [2.45, 2.75) is 66.0 Å². The highest BCUT2D eigenvalue weighted by Crippen LogP contribution is 2.32. The van der Waals surface area contributed by atoms with Crippen molar-refractivity contribution in [2.75, 3.05) is 26.2 Å². The van der Waals surface area contributed by atoms with Gasteiger partial charge in [-0.2, -0.15) is 0 Å². The van der Waals surface area contributed by atoms with Gasteiger partial charge in [-0.3, -0.25) is 4.90 Å². The van der Waals surface area contributed by atoms with Gasteiger partial charge in [0.25, 0.3) is 0 Å². The lowest BCUT2D eigenvalue weighted by molar-refractivity contribution is -0.0502. The maximum atomic E-state index is 5.75. The van der Waals surface area contributed by atoms with Gasteiger partial charge in [0.05, 0.1) is 12.7 Å². The van der Waals surface area contributed by atoms with E-state index >= 15 is 0 Å². The zero-order valence-corrected chi connectivity index (χ0v) is 13.6. The van der Waals surface area contributed by atoms with Gasteiger partial charge in [-0.15, -0.1) is 0 Å². The molecule has 3 unspecified atom stereocenters. The maximum absolute atomic E-state index is 5.75. The summed E-state index contributed by atoms with van der Waals surface area (Å²) < 4.78 is 5.68. The molecule has 0 saturated carbocycles. The number of morpholine rings is 1. The van der Waals surface area contributed by atoms with Crippen LogP contribution < -0.4 is 5.73 Å². The Morgan fingerprint density at radius 2 is 1.95 bits per heavy atom. The van der Waals surface area contributed by atoms with E-state index in [1.165, 1.54) is 19.4 Å². The van der Waals surface area contributed by atoms with Crippen molar-refractivity contribution in [1.82, 2.24) is 4.90 Å². The van der Waals surface area contributed by atoms with E-state index in [-0.39, 0.29) is 0 Å². The highest BCUT2D eigenvalue weighted by atomic mass is 16.5. The summed E-state index contributed by atoms with van der Waals surface area (Å²) in [6.45, 7) is 15.4. The molecule has 0 spiro atoms. The molecule has 0 aliphatic carbocycles. The molecule has 0 aromatic carbocycles. The monoisotopic (exact) mass is 270 g/mol. The standard InChI is InChI=1S/C16H34N2O/c1-13-12-19-14(2)11-18(13)10-6-7-15(8-9-17)16(3,4)5/h13-15H,6-12,17H2,1-5H3. The van der Waals surface area contributed by atoms with Crippen molar-refractivity contribution in [3.8, 4) is 0 Å². The Labute approximate surface area is 119 Å². The van der Waals surface area contributed by atoms with Gasteiger partial charge in [-0.05, 0) is 57.5 Å². The summed E-state index contributed by atoms with van der Waals surface area (Å²) in [5.74, 6) is 0.742. The highest BCUT2D eigenvalue weighted by molar-refractivity contribution is 4.78. The fraction of sp³-hybridized carbons (Fsp3) is 1.00. The van der Waals surface area contributed by atoms with E-state index < -0.39 is 0 Å². The molecule has 1 rings (SSSR count). The molecule has 1 fully saturated rings. The van der Waals surface area contributed by atoms with Crippen molar-refractivity contribution in [3.05, 3.63) is 0 Å². The van der Waals surface area contributed by atoms with Gasteiger partial charge in [-0.1, -0.05) is 20.8 Å². The molecule has 0 amide bonds. The third kappa shape index (κ3) is 5.80. The second-order valence-electron chi connectivity index (χ2n) is 7.27. The predicted octanol–water partition coefficient (Wildman–Crippen LogP) is 2.89. The second-order valence-corrected chi connectivity index (χ2v) is 7.27. The van der Waals surface area contributed by atoms with Crippen LogP contribution in [0, 0.1) is 11.3 Å². The van der Waals surface area contributed by atoms with Crippen LogP contribution in [-0.4, -0.2) is 43.3 Å². The summed E-state index contributed by atoms with van der Waals surface area (Å²) in [5.41, 5.74) is 6.13. The summed E-state index contributed by atoms with van der Waals surface area (Å²) in [6.07, 6.45) is 4.11. The van der Waals surface area contributed by atoms with E-state index in [9.17, 15) is 0 Å². The molecule has 1 aliphatic heterocycles. The third-order valence-electron chi connectivity index (χ3n) is 4.47. The fourth-order valence-corrected chi connectivity index (χ4v) is 3.04. The zero-order valence-electron chi connectivity index (χ0n) is 13.6. The van der Waals surface area contributed by atoms with Gasteiger partial charge >= 0.3 is 0 Å². The SMILES string of the molecule is CC1CN(CCCC(CCN)C(C)(C)C)C(C)CO1. The molecule has 3 heteroatoms. The normalized spacial score (nSPS) is 27.5. The first kappa shape index (κ1) is 16.9. The quantitative estimate of drug-likeness (QED) is 0.806. The number of nitrogens with zero attached hydrogens (tertiary/aromatic N) is 1. The summed E-state index contributed by atoms with van der Waals surface area (Å²) in [7, 11) is 0. The fourth-order valence-electron chi connectivity index (χ4n) is 3.04. The third-order valence-corrected chi connectivity index (χ3v) is 4.47. The van der Waals surface area contributed by atoms with Crippen LogP contribution >= 0.6 is 0 Å². The average molecular weight is 270 g/mol. The molecular weight excluding hydrogens is 236 g/mol. The van der Waals surface area contributed by atoms with Gasteiger partial charge in [0.1, 0.15) is 0 Å². The average Bonchev–Trinajstić information content (AvgIpc) is 2.31. The molecular formula is C16H34N2O. The summed E-state index contributed by atoms with van der Waals surface area (Å²) >= 11 is 0. The van der Waals surface area contributed by atoms with Crippen LogP contribution in [-0.2, 0) is 4.74 Å². The molecule has 114 valence electrons. The molecule has 1 heterocycles. The molecule has 1 aliphatic rings. The molecule has 2 N–H and O–H groups in total. The van der Waals surface area contributed by atoms with E-state index in [0.717, 1.165) is 32.0 Å². The predicted molar refractivity (Wildman–Crippen MR) is 82.3 cm³/mol. The zero-order chi connectivity index (χ0) is 14.5. The first-order valence-electron chi connectivity index (χ1n) is 7.90. The molecule has 0 aromatic rings. The molecule has 0 aromatic heterocycles. The summed E-state index contributed by atoms with van der Waals surface area (Å²) in [6, 6.07) is 0.568. The molecule has 0 radical (unpaired) electrons. The summed E-state index contributed by atoms with van der Waals surface area (Å²) in [4.78, 5) is 2.58. The first-order valence-corrected chi connectivity index (χ1v) is 7.90. The first-order chi connectivity index (χ1) is 8.84.